The van der Waals surface area contributed by atoms with Crippen LogP contribution in [0.15, 0.2) is 34.3 Å². The first-order valence-corrected chi connectivity index (χ1v) is 8.54. The van der Waals surface area contributed by atoms with E-state index in [-0.39, 0.29) is 4.88 Å². The molecule has 1 aliphatic rings. The number of Topliss-reactive ketones (excluding diaryl/α,β-unsaturated/α-hetero) is 1. The third-order valence-electron chi connectivity index (χ3n) is 3.76. The Morgan fingerprint density at radius 3 is 2.58 bits per heavy atom. The third kappa shape index (κ3) is 2.70. The van der Waals surface area contributed by atoms with Crippen LogP contribution in [0.5, 0.6) is 0 Å². The van der Waals surface area contributed by atoms with Crippen molar-refractivity contribution < 1.29 is 27.9 Å². The van der Waals surface area contributed by atoms with E-state index in [1.807, 2.05) is 0 Å². The summed E-state index contributed by atoms with van der Waals surface area (Å²) in [6, 6.07) is 1.92. The monoisotopic (exact) mass is 376 g/mol. The Hall–Kier alpha value is -1.91. The summed E-state index contributed by atoms with van der Waals surface area (Å²) in [5, 5.41) is 18.8. The quantitative estimate of drug-likeness (QED) is 0.721. The van der Waals surface area contributed by atoms with E-state index < -0.39 is 35.7 Å². The highest BCUT2D eigenvalue weighted by atomic mass is 32.1. The molecule has 2 aromatic heterocycles. The molecule has 3 rings (SSSR count). The predicted octanol–water partition coefficient (Wildman–Crippen LogP) is 2.91. The lowest BCUT2D eigenvalue weighted by atomic mass is 9.79. The van der Waals surface area contributed by atoms with E-state index >= 15 is 0 Å². The van der Waals surface area contributed by atoms with Gasteiger partial charge < -0.3 is 15.7 Å². The lowest BCUT2D eigenvalue weighted by Gasteiger charge is -2.44. The molecule has 0 saturated carbocycles. The molecule has 1 saturated heterocycles. The van der Waals surface area contributed by atoms with Gasteiger partial charge in [-0.1, -0.05) is 6.07 Å². The van der Waals surface area contributed by atoms with E-state index in [0.29, 0.717) is 5.56 Å². The van der Waals surface area contributed by atoms with Gasteiger partial charge in [0, 0.05) is 0 Å². The average Bonchev–Trinajstić information content (AvgIpc) is 3.18. The largest absolute Gasteiger partial charge is 0.437 e. The second-order valence-electron chi connectivity index (χ2n) is 5.22. The second-order valence-corrected chi connectivity index (χ2v) is 6.94. The van der Waals surface area contributed by atoms with Gasteiger partial charge in [0.2, 0.25) is 5.72 Å². The standard InChI is InChI=1S/C14H11F3N2O3S2/c15-14(16,17)13(22)9(11(20)8-2-1-4-24-8)10(18-12(21)19-13)7-3-5-23-6-7/h1-6,9-10,22H,(H2,18,19,21)/t9-,10-,13-/m1/s1. The molecule has 0 radical (unpaired) electrons. The Kier molecular flexibility index (Phi) is 4.14. The smallest absolute Gasteiger partial charge is 0.363 e. The van der Waals surface area contributed by atoms with Crippen LogP contribution in [-0.2, 0) is 0 Å². The summed E-state index contributed by atoms with van der Waals surface area (Å²) in [7, 11) is 0. The van der Waals surface area contributed by atoms with Gasteiger partial charge in [0.25, 0.3) is 0 Å². The van der Waals surface area contributed by atoms with Crippen LogP contribution < -0.4 is 10.6 Å². The minimum Gasteiger partial charge on any atom is -0.363 e. The van der Waals surface area contributed by atoms with Crippen molar-refractivity contribution >= 4 is 34.5 Å². The van der Waals surface area contributed by atoms with E-state index in [1.165, 1.54) is 40.2 Å². The Morgan fingerprint density at radius 1 is 1.29 bits per heavy atom. The molecule has 128 valence electrons. The van der Waals surface area contributed by atoms with Crippen LogP contribution >= 0.6 is 22.7 Å². The number of hydrogen-bond donors (Lipinski definition) is 3. The van der Waals surface area contributed by atoms with Gasteiger partial charge in [-0.25, -0.2) is 4.79 Å². The number of thiophene rings is 2. The summed E-state index contributed by atoms with van der Waals surface area (Å²) in [5.41, 5.74) is -3.34. The number of nitrogens with one attached hydrogen (secondary N) is 2. The number of halogens is 3. The molecule has 10 heteroatoms. The van der Waals surface area contributed by atoms with Gasteiger partial charge in [-0.3, -0.25) is 4.79 Å². The fourth-order valence-electron chi connectivity index (χ4n) is 2.64. The van der Waals surface area contributed by atoms with Crippen molar-refractivity contribution in [2.45, 2.75) is 17.9 Å². The molecule has 0 bridgehead atoms. The maximum Gasteiger partial charge on any atom is 0.437 e. The number of hydrogen-bond acceptors (Lipinski definition) is 5. The van der Waals surface area contributed by atoms with E-state index in [2.05, 4.69) is 5.32 Å². The molecular weight excluding hydrogens is 365 g/mol. The van der Waals surface area contributed by atoms with Crippen molar-refractivity contribution in [3.8, 4) is 0 Å². The van der Waals surface area contributed by atoms with Crippen LogP contribution in [0, 0.1) is 5.92 Å². The summed E-state index contributed by atoms with van der Waals surface area (Å²) in [5.74, 6) is -2.85. The number of alkyl halides is 3. The van der Waals surface area contributed by atoms with Crippen molar-refractivity contribution in [2.24, 2.45) is 5.92 Å². The molecule has 1 fully saturated rings. The van der Waals surface area contributed by atoms with Crippen LogP contribution in [0.3, 0.4) is 0 Å². The number of ketones is 1. The van der Waals surface area contributed by atoms with E-state index in [4.69, 9.17) is 0 Å². The molecule has 0 aromatic carbocycles. The summed E-state index contributed by atoms with van der Waals surface area (Å²) in [6.07, 6.45) is -5.23. The zero-order valence-electron chi connectivity index (χ0n) is 11.8. The lowest BCUT2D eigenvalue weighted by Crippen LogP contribution is -2.72. The molecule has 5 nitrogen and oxygen atoms in total. The number of urea groups is 1. The molecule has 0 unspecified atom stereocenters. The van der Waals surface area contributed by atoms with E-state index in [0.717, 1.165) is 11.3 Å². The highest BCUT2D eigenvalue weighted by Crippen LogP contribution is 2.44. The third-order valence-corrected chi connectivity index (χ3v) is 5.34. The molecule has 3 heterocycles. The maximum absolute atomic E-state index is 13.5. The number of carbonyl (C=O) groups is 2. The van der Waals surface area contributed by atoms with Gasteiger partial charge in [0.1, 0.15) is 5.92 Å². The summed E-state index contributed by atoms with van der Waals surface area (Å²) in [4.78, 5) is 24.5. The first-order valence-electron chi connectivity index (χ1n) is 6.71. The van der Waals surface area contributed by atoms with Crippen LogP contribution in [0.25, 0.3) is 0 Å². The van der Waals surface area contributed by atoms with E-state index in [9.17, 15) is 27.9 Å². The molecule has 3 N–H and O–H groups in total. The van der Waals surface area contributed by atoms with Crippen molar-refractivity contribution in [3.63, 3.8) is 0 Å². The van der Waals surface area contributed by atoms with Gasteiger partial charge in [0.05, 0.1) is 10.9 Å². The first-order chi connectivity index (χ1) is 11.2. The summed E-state index contributed by atoms with van der Waals surface area (Å²) >= 11 is 2.18. The van der Waals surface area contributed by atoms with Gasteiger partial charge in [0.15, 0.2) is 5.78 Å². The summed E-state index contributed by atoms with van der Waals surface area (Å²) < 4.78 is 40.6. The van der Waals surface area contributed by atoms with Crippen molar-refractivity contribution in [3.05, 3.63) is 44.8 Å². The number of amides is 2. The maximum atomic E-state index is 13.5. The SMILES string of the molecule is O=C1N[C@H](c2ccsc2)[C@H](C(=O)c2cccs2)[C@@](O)(C(F)(F)F)N1. The summed E-state index contributed by atoms with van der Waals surface area (Å²) in [6.45, 7) is 0. The van der Waals surface area contributed by atoms with Crippen LogP contribution in [0.4, 0.5) is 18.0 Å². The average molecular weight is 376 g/mol. The lowest BCUT2D eigenvalue weighted by molar-refractivity contribution is -0.287. The van der Waals surface area contributed by atoms with Gasteiger partial charge in [-0.2, -0.15) is 24.5 Å². The van der Waals surface area contributed by atoms with Crippen LogP contribution in [-0.4, -0.2) is 28.8 Å². The minimum atomic E-state index is -5.23. The Balaban J connectivity index is 2.13. The number of aliphatic hydroxyl groups is 1. The minimum absolute atomic E-state index is 0.0702. The topological polar surface area (TPSA) is 78.4 Å². The van der Waals surface area contributed by atoms with Crippen LogP contribution in [0.1, 0.15) is 21.3 Å². The highest BCUT2D eigenvalue weighted by molar-refractivity contribution is 7.12. The number of carbonyl (C=O) groups excluding carboxylic acids is 2. The molecule has 2 amide bonds. The van der Waals surface area contributed by atoms with Crippen LogP contribution in [0.2, 0.25) is 0 Å². The fraction of sp³-hybridized carbons (Fsp3) is 0.286. The molecule has 3 atom stereocenters. The fourth-order valence-corrected chi connectivity index (χ4v) is 4.04. The Bertz CT molecular complexity index is 746. The van der Waals surface area contributed by atoms with Gasteiger partial charge >= 0.3 is 12.2 Å². The molecule has 24 heavy (non-hydrogen) atoms. The molecule has 2 aromatic rings. The van der Waals surface area contributed by atoms with Crippen molar-refractivity contribution in [2.75, 3.05) is 0 Å². The van der Waals surface area contributed by atoms with Crippen molar-refractivity contribution in [1.82, 2.24) is 10.6 Å². The zero-order chi connectivity index (χ0) is 17.5. The van der Waals surface area contributed by atoms with E-state index in [1.54, 1.807) is 10.8 Å². The van der Waals surface area contributed by atoms with Crippen molar-refractivity contribution in [1.29, 1.82) is 0 Å². The highest BCUT2D eigenvalue weighted by Gasteiger charge is 2.66. The Morgan fingerprint density at radius 2 is 2.04 bits per heavy atom. The predicted molar refractivity (Wildman–Crippen MR) is 81.9 cm³/mol. The molecule has 0 aliphatic carbocycles. The zero-order valence-corrected chi connectivity index (χ0v) is 13.5. The number of rotatable bonds is 3. The Labute approximate surface area is 142 Å². The first kappa shape index (κ1) is 16.9. The second kappa shape index (κ2) is 5.87. The van der Waals surface area contributed by atoms with Gasteiger partial charge in [-0.05, 0) is 33.8 Å². The normalized spacial score (nSPS) is 27.4. The molecule has 0 spiro atoms. The molecular formula is C14H11F3N2O3S2. The van der Waals surface area contributed by atoms with Gasteiger partial charge in [-0.15, -0.1) is 11.3 Å². The molecule has 1 aliphatic heterocycles.